The number of carboxylic acids is 1. The summed E-state index contributed by atoms with van der Waals surface area (Å²) in [7, 11) is 0. The molecule has 0 aromatic heterocycles. The molecule has 1 rings (SSSR count). The number of carbonyl (C=O) groups is 2. The van der Waals surface area contributed by atoms with E-state index in [-0.39, 0.29) is 0 Å². The minimum Gasteiger partial charge on any atom is -0.481 e. The summed E-state index contributed by atoms with van der Waals surface area (Å²) in [6, 6.07) is 6.78. The third kappa shape index (κ3) is 4.62. The molecule has 0 fully saturated rings. The number of ether oxygens (including phenoxy) is 1. The van der Waals surface area contributed by atoms with Crippen molar-refractivity contribution in [3.8, 4) is 0 Å². The van der Waals surface area contributed by atoms with Crippen molar-refractivity contribution in [3.05, 3.63) is 29.8 Å². The van der Waals surface area contributed by atoms with E-state index in [0.717, 1.165) is 0 Å². The molecule has 5 heteroatoms. The van der Waals surface area contributed by atoms with Crippen LogP contribution in [-0.2, 0) is 9.53 Å². The topological polar surface area (TPSA) is 75.6 Å². The molecule has 0 unspecified atom stereocenters. The number of anilines is 1. The Morgan fingerprint density at radius 1 is 1.26 bits per heavy atom. The minimum atomic E-state index is -0.946. The van der Waals surface area contributed by atoms with Crippen molar-refractivity contribution in [1.82, 2.24) is 0 Å². The van der Waals surface area contributed by atoms with Gasteiger partial charge in [-0.3, -0.25) is 10.1 Å². The van der Waals surface area contributed by atoms with Crippen molar-refractivity contribution in [2.75, 3.05) is 5.32 Å². The number of rotatable bonds is 3. The van der Waals surface area contributed by atoms with Gasteiger partial charge in [-0.25, -0.2) is 4.79 Å². The predicted octanol–water partition coefficient (Wildman–Crippen LogP) is 3.22. The molecule has 0 bridgehead atoms. The third-order valence-electron chi connectivity index (χ3n) is 2.43. The highest BCUT2D eigenvalue weighted by molar-refractivity contribution is 5.88. The molecular formula is C14H19NO4. The van der Waals surface area contributed by atoms with E-state index in [0.29, 0.717) is 11.3 Å². The quantitative estimate of drug-likeness (QED) is 0.879. The Morgan fingerprint density at radius 2 is 1.84 bits per heavy atom. The summed E-state index contributed by atoms with van der Waals surface area (Å²) in [5.74, 6) is -1.65. The van der Waals surface area contributed by atoms with E-state index in [9.17, 15) is 9.59 Å². The zero-order valence-corrected chi connectivity index (χ0v) is 11.6. The van der Waals surface area contributed by atoms with Gasteiger partial charge in [-0.2, -0.15) is 0 Å². The average Bonchev–Trinajstić information content (AvgIpc) is 2.26. The van der Waals surface area contributed by atoms with E-state index in [1.807, 2.05) is 0 Å². The Labute approximate surface area is 112 Å². The van der Waals surface area contributed by atoms with Crippen LogP contribution in [0.4, 0.5) is 10.5 Å². The van der Waals surface area contributed by atoms with Crippen LogP contribution in [0, 0.1) is 0 Å². The number of carbonyl (C=O) groups excluding carboxylic acids is 1. The van der Waals surface area contributed by atoms with Crippen LogP contribution >= 0.6 is 0 Å². The lowest BCUT2D eigenvalue weighted by atomic mass is 9.99. The first kappa shape index (κ1) is 15.0. The van der Waals surface area contributed by atoms with Crippen molar-refractivity contribution >= 4 is 17.7 Å². The standard InChI is InChI=1S/C14H19NO4/c1-9(12(16)17)10-7-5-6-8-11(10)15-13(18)19-14(2,3)4/h5-9H,1-4H3,(H,15,18)(H,16,17)/t9-/m0/s1. The number of hydrogen-bond donors (Lipinski definition) is 2. The first-order valence-electron chi connectivity index (χ1n) is 6.02. The second-order valence-electron chi connectivity index (χ2n) is 5.27. The van der Waals surface area contributed by atoms with Gasteiger partial charge in [0.15, 0.2) is 0 Å². The lowest BCUT2D eigenvalue weighted by molar-refractivity contribution is -0.138. The molecule has 0 saturated heterocycles. The van der Waals surface area contributed by atoms with Crippen LogP contribution in [0.25, 0.3) is 0 Å². The lowest BCUT2D eigenvalue weighted by Crippen LogP contribution is -2.27. The molecule has 0 radical (unpaired) electrons. The Kier molecular flexibility index (Phi) is 4.53. The molecule has 5 nitrogen and oxygen atoms in total. The van der Waals surface area contributed by atoms with Crippen molar-refractivity contribution < 1.29 is 19.4 Å². The zero-order valence-electron chi connectivity index (χ0n) is 11.6. The fourth-order valence-corrected chi connectivity index (χ4v) is 1.54. The van der Waals surface area contributed by atoms with Gasteiger partial charge in [0.25, 0.3) is 0 Å². The van der Waals surface area contributed by atoms with Crippen LogP contribution in [0.1, 0.15) is 39.2 Å². The molecule has 0 aliphatic rings. The molecule has 1 aromatic rings. The first-order chi connectivity index (χ1) is 8.70. The van der Waals surface area contributed by atoms with Crippen LogP contribution in [0.2, 0.25) is 0 Å². The smallest absolute Gasteiger partial charge is 0.412 e. The molecule has 0 heterocycles. The largest absolute Gasteiger partial charge is 0.481 e. The number of benzene rings is 1. The van der Waals surface area contributed by atoms with E-state index >= 15 is 0 Å². The third-order valence-corrected chi connectivity index (χ3v) is 2.43. The van der Waals surface area contributed by atoms with Gasteiger partial charge in [-0.05, 0) is 39.3 Å². The Balaban J connectivity index is 2.90. The van der Waals surface area contributed by atoms with Gasteiger partial charge in [0.1, 0.15) is 5.60 Å². The summed E-state index contributed by atoms with van der Waals surface area (Å²) < 4.78 is 5.14. The number of aliphatic carboxylic acids is 1. The van der Waals surface area contributed by atoms with Gasteiger partial charge in [-0.1, -0.05) is 18.2 Å². The van der Waals surface area contributed by atoms with Gasteiger partial charge < -0.3 is 9.84 Å². The van der Waals surface area contributed by atoms with E-state index < -0.39 is 23.6 Å². The summed E-state index contributed by atoms with van der Waals surface area (Å²) in [5, 5.41) is 11.6. The van der Waals surface area contributed by atoms with Crippen molar-refractivity contribution in [2.45, 2.75) is 39.2 Å². The first-order valence-corrected chi connectivity index (χ1v) is 6.02. The molecule has 1 amide bonds. The monoisotopic (exact) mass is 265 g/mol. The number of nitrogens with one attached hydrogen (secondary N) is 1. The summed E-state index contributed by atoms with van der Waals surface area (Å²) in [5.41, 5.74) is 0.393. The molecular weight excluding hydrogens is 246 g/mol. The number of para-hydroxylation sites is 1. The summed E-state index contributed by atoms with van der Waals surface area (Å²) in [4.78, 5) is 22.7. The second kappa shape index (κ2) is 5.73. The van der Waals surface area contributed by atoms with Crippen LogP contribution in [0.5, 0.6) is 0 Å². The molecule has 0 saturated carbocycles. The van der Waals surface area contributed by atoms with Gasteiger partial charge in [-0.15, -0.1) is 0 Å². The van der Waals surface area contributed by atoms with Gasteiger partial charge >= 0.3 is 12.1 Å². The molecule has 1 aromatic carbocycles. The molecule has 104 valence electrons. The minimum absolute atomic E-state index is 0.451. The second-order valence-corrected chi connectivity index (χ2v) is 5.27. The van der Waals surface area contributed by atoms with Crippen LogP contribution < -0.4 is 5.32 Å². The highest BCUT2D eigenvalue weighted by Crippen LogP contribution is 2.25. The molecule has 0 spiro atoms. The van der Waals surface area contributed by atoms with E-state index in [1.54, 1.807) is 52.0 Å². The fourth-order valence-electron chi connectivity index (χ4n) is 1.54. The molecule has 1 atom stereocenters. The Morgan fingerprint density at radius 3 is 2.37 bits per heavy atom. The molecule has 0 aliphatic heterocycles. The Bertz CT molecular complexity index is 477. The maximum absolute atomic E-state index is 11.7. The normalized spacial score (nSPS) is 12.6. The van der Waals surface area contributed by atoms with Gasteiger partial charge in [0, 0.05) is 5.69 Å². The lowest BCUT2D eigenvalue weighted by Gasteiger charge is -2.21. The zero-order chi connectivity index (χ0) is 14.6. The summed E-state index contributed by atoms with van der Waals surface area (Å²) in [6.07, 6.45) is -0.600. The SMILES string of the molecule is C[C@H](C(=O)O)c1ccccc1NC(=O)OC(C)(C)C. The highest BCUT2D eigenvalue weighted by Gasteiger charge is 2.20. The maximum atomic E-state index is 11.7. The molecule has 2 N–H and O–H groups in total. The number of carboxylic acid groups (broad SMARTS) is 1. The number of amides is 1. The average molecular weight is 265 g/mol. The van der Waals surface area contributed by atoms with Crippen molar-refractivity contribution in [1.29, 1.82) is 0 Å². The van der Waals surface area contributed by atoms with Crippen molar-refractivity contribution in [2.24, 2.45) is 0 Å². The summed E-state index contributed by atoms with van der Waals surface area (Å²) >= 11 is 0. The van der Waals surface area contributed by atoms with Gasteiger partial charge in [0.2, 0.25) is 0 Å². The van der Waals surface area contributed by atoms with Crippen LogP contribution in [-0.4, -0.2) is 22.8 Å². The highest BCUT2D eigenvalue weighted by atomic mass is 16.6. The molecule has 19 heavy (non-hydrogen) atoms. The van der Waals surface area contributed by atoms with E-state index in [1.165, 1.54) is 0 Å². The molecule has 0 aliphatic carbocycles. The van der Waals surface area contributed by atoms with E-state index in [2.05, 4.69) is 5.32 Å². The van der Waals surface area contributed by atoms with Crippen LogP contribution in [0.15, 0.2) is 24.3 Å². The maximum Gasteiger partial charge on any atom is 0.412 e. The summed E-state index contributed by atoms with van der Waals surface area (Å²) in [6.45, 7) is 6.85. The van der Waals surface area contributed by atoms with E-state index in [4.69, 9.17) is 9.84 Å². The van der Waals surface area contributed by atoms with Gasteiger partial charge in [0.05, 0.1) is 5.92 Å². The number of hydrogen-bond acceptors (Lipinski definition) is 3. The fraction of sp³-hybridized carbons (Fsp3) is 0.429. The Hall–Kier alpha value is -2.04. The predicted molar refractivity (Wildman–Crippen MR) is 72.3 cm³/mol. The van der Waals surface area contributed by atoms with Crippen LogP contribution in [0.3, 0.4) is 0 Å². The van der Waals surface area contributed by atoms with Crippen molar-refractivity contribution in [3.63, 3.8) is 0 Å².